The molecule has 0 bridgehead atoms. The molecule has 1 aromatic rings. The molecule has 214 valence electrons. The standard InChI is InChI=1S/C30H46O8/c1-27(2,3)36-23(31)15-18-30(19-16-24(32)37-28(4,5)6,20-17-25(33)38-29(7,8)9)26(34)35-21-22-13-11-10-12-14-22/h10-14H,15-21H2,1-9H3. The van der Waals surface area contributed by atoms with E-state index in [2.05, 4.69) is 0 Å². The lowest BCUT2D eigenvalue weighted by Crippen LogP contribution is -2.37. The maximum atomic E-state index is 13.7. The molecule has 0 heterocycles. The van der Waals surface area contributed by atoms with Crippen molar-refractivity contribution in [2.24, 2.45) is 5.41 Å². The van der Waals surface area contributed by atoms with Gasteiger partial charge >= 0.3 is 23.9 Å². The minimum absolute atomic E-state index is 0.0206. The molecule has 0 aliphatic rings. The highest BCUT2D eigenvalue weighted by Gasteiger charge is 2.42. The van der Waals surface area contributed by atoms with Crippen molar-refractivity contribution in [3.63, 3.8) is 0 Å². The van der Waals surface area contributed by atoms with Gasteiger partial charge < -0.3 is 18.9 Å². The number of carbonyl (C=O) groups is 4. The third-order valence-electron chi connectivity index (χ3n) is 5.33. The van der Waals surface area contributed by atoms with Gasteiger partial charge in [0.05, 0.1) is 5.41 Å². The van der Waals surface area contributed by atoms with Crippen molar-refractivity contribution < 1.29 is 38.1 Å². The summed E-state index contributed by atoms with van der Waals surface area (Å²) in [5.41, 5.74) is -2.59. The van der Waals surface area contributed by atoms with Gasteiger partial charge in [-0.2, -0.15) is 0 Å². The molecule has 38 heavy (non-hydrogen) atoms. The van der Waals surface area contributed by atoms with E-state index in [0.29, 0.717) is 0 Å². The fourth-order valence-electron chi connectivity index (χ4n) is 3.76. The first-order valence-electron chi connectivity index (χ1n) is 13.2. The van der Waals surface area contributed by atoms with Crippen LogP contribution in [-0.4, -0.2) is 40.7 Å². The summed E-state index contributed by atoms with van der Waals surface area (Å²) in [7, 11) is 0. The average Bonchev–Trinajstić information content (AvgIpc) is 2.74. The van der Waals surface area contributed by atoms with E-state index in [1.165, 1.54) is 0 Å². The molecule has 0 radical (unpaired) electrons. The number of ether oxygens (including phenoxy) is 4. The Morgan fingerprint density at radius 1 is 0.579 bits per heavy atom. The topological polar surface area (TPSA) is 105 Å². The van der Waals surface area contributed by atoms with Crippen LogP contribution in [0.4, 0.5) is 0 Å². The van der Waals surface area contributed by atoms with Crippen LogP contribution in [0.5, 0.6) is 0 Å². The summed E-state index contributed by atoms with van der Waals surface area (Å²) < 4.78 is 22.1. The minimum atomic E-state index is -1.31. The number of rotatable bonds is 12. The fourth-order valence-corrected chi connectivity index (χ4v) is 3.76. The highest BCUT2D eigenvalue weighted by molar-refractivity contribution is 5.80. The van der Waals surface area contributed by atoms with Crippen LogP contribution in [0.2, 0.25) is 0 Å². The van der Waals surface area contributed by atoms with Crippen molar-refractivity contribution in [1.29, 1.82) is 0 Å². The van der Waals surface area contributed by atoms with Crippen molar-refractivity contribution in [2.45, 2.75) is 124 Å². The number of hydrogen-bond donors (Lipinski definition) is 0. The Bertz CT molecular complexity index is 851. The first-order valence-corrected chi connectivity index (χ1v) is 13.2. The molecule has 0 amide bonds. The second-order valence-electron chi connectivity index (χ2n) is 12.6. The lowest BCUT2D eigenvalue weighted by molar-refractivity contribution is -0.164. The van der Waals surface area contributed by atoms with Gasteiger partial charge in [0.15, 0.2) is 0 Å². The molecule has 1 rings (SSSR count). The van der Waals surface area contributed by atoms with E-state index in [0.717, 1.165) is 5.56 Å². The van der Waals surface area contributed by atoms with Crippen LogP contribution in [0.3, 0.4) is 0 Å². The van der Waals surface area contributed by atoms with E-state index in [1.807, 2.05) is 30.3 Å². The molecule has 0 unspecified atom stereocenters. The summed E-state index contributed by atoms with van der Waals surface area (Å²) in [6.45, 7) is 15.9. The molecular weight excluding hydrogens is 488 g/mol. The van der Waals surface area contributed by atoms with Crippen molar-refractivity contribution in [1.82, 2.24) is 0 Å². The zero-order valence-corrected chi connectivity index (χ0v) is 24.6. The van der Waals surface area contributed by atoms with Gasteiger partial charge in [-0.15, -0.1) is 0 Å². The van der Waals surface area contributed by atoms with Gasteiger partial charge in [-0.25, -0.2) is 0 Å². The van der Waals surface area contributed by atoms with Gasteiger partial charge in [0.2, 0.25) is 0 Å². The van der Waals surface area contributed by atoms with E-state index < -0.39 is 46.1 Å². The van der Waals surface area contributed by atoms with E-state index in [1.54, 1.807) is 62.3 Å². The van der Waals surface area contributed by atoms with Gasteiger partial charge in [0.25, 0.3) is 0 Å². The van der Waals surface area contributed by atoms with Crippen molar-refractivity contribution in [2.75, 3.05) is 0 Å². The fraction of sp³-hybridized carbons (Fsp3) is 0.667. The van der Waals surface area contributed by atoms with Gasteiger partial charge in [0.1, 0.15) is 23.4 Å². The van der Waals surface area contributed by atoms with E-state index in [-0.39, 0.29) is 45.1 Å². The van der Waals surface area contributed by atoms with Crippen LogP contribution >= 0.6 is 0 Å². The molecule has 1 aromatic carbocycles. The molecule has 0 aromatic heterocycles. The third kappa shape index (κ3) is 14.1. The summed E-state index contributed by atoms with van der Waals surface area (Å²) in [4.78, 5) is 51.5. The number of carbonyl (C=O) groups excluding carboxylic acids is 4. The zero-order chi connectivity index (χ0) is 29.2. The van der Waals surface area contributed by atoms with Crippen molar-refractivity contribution in [3.8, 4) is 0 Å². The Morgan fingerprint density at radius 3 is 1.24 bits per heavy atom. The monoisotopic (exact) mass is 534 g/mol. The molecule has 0 aliphatic carbocycles. The summed E-state index contributed by atoms with van der Waals surface area (Å²) in [5, 5.41) is 0. The van der Waals surface area contributed by atoms with Gasteiger partial charge in [0, 0.05) is 19.3 Å². The summed E-state index contributed by atoms with van der Waals surface area (Å²) >= 11 is 0. The smallest absolute Gasteiger partial charge is 0.312 e. The van der Waals surface area contributed by atoms with Gasteiger partial charge in [-0.05, 0) is 87.1 Å². The van der Waals surface area contributed by atoms with E-state index in [4.69, 9.17) is 18.9 Å². The summed E-state index contributed by atoms with van der Waals surface area (Å²) in [6.07, 6.45) is -0.121. The Morgan fingerprint density at radius 2 is 0.921 bits per heavy atom. The number of esters is 4. The van der Waals surface area contributed by atoms with Crippen LogP contribution in [0.1, 0.15) is 106 Å². The van der Waals surface area contributed by atoms with Crippen LogP contribution in [0.15, 0.2) is 30.3 Å². The molecule has 0 spiro atoms. The Kier molecular flexibility index (Phi) is 12.0. The normalized spacial score (nSPS) is 12.4. The average molecular weight is 535 g/mol. The Balaban J connectivity index is 3.24. The van der Waals surface area contributed by atoms with Gasteiger partial charge in [-0.1, -0.05) is 30.3 Å². The molecule has 8 heteroatoms. The molecule has 0 saturated heterocycles. The molecule has 0 saturated carbocycles. The first-order chi connectivity index (χ1) is 17.3. The van der Waals surface area contributed by atoms with Gasteiger partial charge in [-0.3, -0.25) is 19.2 Å². The highest BCUT2D eigenvalue weighted by atomic mass is 16.6. The van der Waals surface area contributed by atoms with Crippen LogP contribution in [0, 0.1) is 5.41 Å². The Labute approximate surface area is 227 Å². The highest BCUT2D eigenvalue weighted by Crippen LogP contribution is 2.38. The Hall–Kier alpha value is -2.90. The summed E-state index contributed by atoms with van der Waals surface area (Å²) in [5.74, 6) is -2.02. The van der Waals surface area contributed by atoms with E-state index >= 15 is 0 Å². The number of benzene rings is 1. The number of hydrogen-bond acceptors (Lipinski definition) is 8. The molecular formula is C30H46O8. The summed E-state index contributed by atoms with van der Waals surface area (Å²) in [6, 6.07) is 9.19. The third-order valence-corrected chi connectivity index (χ3v) is 5.33. The minimum Gasteiger partial charge on any atom is -0.460 e. The molecule has 0 atom stereocenters. The maximum absolute atomic E-state index is 13.7. The maximum Gasteiger partial charge on any atom is 0.312 e. The molecule has 0 fully saturated rings. The first kappa shape index (κ1) is 33.1. The largest absolute Gasteiger partial charge is 0.460 e. The van der Waals surface area contributed by atoms with Crippen LogP contribution in [0.25, 0.3) is 0 Å². The quantitative estimate of drug-likeness (QED) is 0.235. The van der Waals surface area contributed by atoms with Crippen LogP contribution < -0.4 is 0 Å². The SMILES string of the molecule is CC(C)(C)OC(=O)CCC(CCC(=O)OC(C)(C)C)(CCC(=O)OC(C)(C)C)C(=O)OCc1ccccc1. The predicted molar refractivity (Wildman–Crippen MR) is 144 cm³/mol. The van der Waals surface area contributed by atoms with Crippen molar-refractivity contribution >= 4 is 23.9 Å². The molecule has 0 N–H and O–H groups in total. The second-order valence-corrected chi connectivity index (χ2v) is 12.6. The van der Waals surface area contributed by atoms with Crippen LogP contribution in [-0.2, 0) is 44.7 Å². The lowest BCUT2D eigenvalue weighted by Gasteiger charge is -2.32. The zero-order valence-electron chi connectivity index (χ0n) is 24.6. The second kappa shape index (κ2) is 13.8. The predicted octanol–water partition coefficient (Wildman–Crippen LogP) is 6.08. The molecule has 0 aliphatic heterocycles. The lowest BCUT2D eigenvalue weighted by atomic mass is 9.75. The molecule has 8 nitrogen and oxygen atoms in total. The van der Waals surface area contributed by atoms with Crippen molar-refractivity contribution in [3.05, 3.63) is 35.9 Å². The van der Waals surface area contributed by atoms with E-state index in [9.17, 15) is 19.2 Å².